The van der Waals surface area contributed by atoms with Crippen LogP contribution in [-0.4, -0.2) is 32.0 Å². The Balaban J connectivity index is 1.55. The number of thioether (sulfide) groups is 1. The smallest absolute Gasteiger partial charge is 0.0969 e. The summed E-state index contributed by atoms with van der Waals surface area (Å²) in [6.45, 7) is 4.16. The minimum atomic E-state index is 0.398. The van der Waals surface area contributed by atoms with E-state index in [2.05, 4.69) is 34.2 Å². The highest BCUT2D eigenvalue weighted by molar-refractivity contribution is 8.00. The molecule has 0 bridgehead atoms. The van der Waals surface area contributed by atoms with Crippen molar-refractivity contribution in [2.24, 2.45) is 0 Å². The van der Waals surface area contributed by atoms with Crippen LogP contribution < -0.4 is 5.32 Å². The average Bonchev–Trinajstić information content (AvgIpc) is 3.10. The van der Waals surface area contributed by atoms with Gasteiger partial charge in [-0.2, -0.15) is 26.8 Å². The minimum absolute atomic E-state index is 0.398. The first-order valence-corrected chi connectivity index (χ1v) is 8.05. The first-order chi connectivity index (χ1) is 9.75. The van der Waals surface area contributed by atoms with Gasteiger partial charge < -0.3 is 5.32 Å². The Hall–Kier alpha value is -1.33. The van der Waals surface area contributed by atoms with E-state index in [1.165, 1.54) is 18.6 Å². The summed E-state index contributed by atoms with van der Waals surface area (Å²) >= 11 is 2.08. The lowest BCUT2D eigenvalue weighted by molar-refractivity contribution is 0.532. The van der Waals surface area contributed by atoms with Crippen molar-refractivity contribution in [3.8, 4) is 5.69 Å². The molecule has 0 spiro atoms. The molecule has 1 saturated heterocycles. The van der Waals surface area contributed by atoms with Crippen LogP contribution >= 0.6 is 11.8 Å². The third kappa shape index (κ3) is 3.22. The molecule has 1 aliphatic heterocycles. The second-order valence-electron chi connectivity index (χ2n) is 5.47. The van der Waals surface area contributed by atoms with E-state index in [1.54, 1.807) is 4.80 Å². The third-order valence-corrected chi connectivity index (χ3v) is 5.17. The van der Waals surface area contributed by atoms with Crippen LogP contribution in [0.25, 0.3) is 5.69 Å². The predicted molar refractivity (Wildman–Crippen MR) is 83.2 cm³/mol. The molecule has 1 fully saturated rings. The fraction of sp³-hybridized carbons (Fsp3) is 0.467. The summed E-state index contributed by atoms with van der Waals surface area (Å²) in [4.78, 5) is 1.68. The number of aromatic nitrogens is 3. The maximum Gasteiger partial charge on any atom is 0.0969 e. The molecule has 4 nitrogen and oxygen atoms in total. The largest absolute Gasteiger partial charge is 0.310 e. The normalized spacial score (nSPS) is 22.2. The van der Waals surface area contributed by atoms with Crippen molar-refractivity contribution in [3.05, 3.63) is 42.2 Å². The first-order valence-electron chi connectivity index (χ1n) is 7.07. The maximum absolute atomic E-state index is 4.50. The van der Waals surface area contributed by atoms with E-state index >= 15 is 0 Å². The fourth-order valence-corrected chi connectivity index (χ4v) is 3.77. The molecule has 0 amide bonds. The van der Waals surface area contributed by atoms with Crippen LogP contribution in [0.15, 0.2) is 36.5 Å². The molecule has 1 aliphatic rings. The summed E-state index contributed by atoms with van der Waals surface area (Å²) in [5, 5.41) is 12.3. The van der Waals surface area contributed by atoms with Crippen LogP contribution in [0.1, 0.15) is 25.5 Å². The Morgan fingerprint density at radius 2 is 2.20 bits per heavy atom. The second kappa shape index (κ2) is 5.97. The van der Waals surface area contributed by atoms with Gasteiger partial charge in [-0.05, 0) is 37.7 Å². The molecule has 2 aromatic rings. The zero-order valence-electron chi connectivity index (χ0n) is 11.7. The van der Waals surface area contributed by atoms with Crippen LogP contribution in [-0.2, 0) is 6.54 Å². The van der Waals surface area contributed by atoms with Crippen molar-refractivity contribution >= 4 is 11.8 Å². The molecule has 1 N–H and O–H groups in total. The summed E-state index contributed by atoms with van der Waals surface area (Å²) in [7, 11) is 0. The SMILES string of the molecule is CC1(CNCc2cnn(-c3ccccc3)n2)CCCS1. The van der Waals surface area contributed by atoms with E-state index in [0.717, 1.165) is 24.5 Å². The van der Waals surface area contributed by atoms with Gasteiger partial charge in [0.15, 0.2) is 0 Å². The van der Waals surface area contributed by atoms with E-state index in [4.69, 9.17) is 0 Å². The van der Waals surface area contributed by atoms with Gasteiger partial charge in [0, 0.05) is 17.8 Å². The molecule has 5 heteroatoms. The quantitative estimate of drug-likeness (QED) is 0.918. The lowest BCUT2D eigenvalue weighted by atomic mass is 10.1. The maximum atomic E-state index is 4.50. The van der Waals surface area contributed by atoms with Gasteiger partial charge in [-0.3, -0.25) is 0 Å². The van der Waals surface area contributed by atoms with Gasteiger partial charge in [-0.25, -0.2) is 0 Å². The highest BCUT2D eigenvalue weighted by Crippen LogP contribution is 2.36. The Bertz CT molecular complexity index is 546. The Morgan fingerprint density at radius 1 is 1.35 bits per heavy atom. The second-order valence-corrected chi connectivity index (χ2v) is 7.15. The highest BCUT2D eigenvalue weighted by Gasteiger charge is 2.28. The number of hydrogen-bond acceptors (Lipinski definition) is 4. The molecule has 106 valence electrons. The number of nitrogens with zero attached hydrogens (tertiary/aromatic N) is 3. The van der Waals surface area contributed by atoms with Crippen LogP contribution in [0.4, 0.5) is 0 Å². The summed E-state index contributed by atoms with van der Waals surface area (Å²) in [5.74, 6) is 1.29. The van der Waals surface area contributed by atoms with Gasteiger partial charge in [0.05, 0.1) is 17.6 Å². The molecule has 3 rings (SSSR count). The number of rotatable bonds is 5. The fourth-order valence-electron chi connectivity index (χ4n) is 2.49. The number of nitrogens with one attached hydrogen (secondary N) is 1. The van der Waals surface area contributed by atoms with Crippen molar-refractivity contribution in [2.75, 3.05) is 12.3 Å². The molecule has 1 atom stereocenters. The van der Waals surface area contributed by atoms with Gasteiger partial charge in [-0.15, -0.1) is 0 Å². The molecule has 1 unspecified atom stereocenters. The highest BCUT2D eigenvalue weighted by atomic mass is 32.2. The zero-order chi connectivity index (χ0) is 13.8. The van der Waals surface area contributed by atoms with E-state index in [-0.39, 0.29) is 0 Å². The molecular formula is C15H20N4S. The van der Waals surface area contributed by atoms with Gasteiger partial charge >= 0.3 is 0 Å². The Kier molecular flexibility index (Phi) is 4.08. The van der Waals surface area contributed by atoms with E-state index in [0.29, 0.717) is 4.75 Å². The molecule has 0 radical (unpaired) electrons. The van der Waals surface area contributed by atoms with Gasteiger partial charge in [0.1, 0.15) is 0 Å². The molecule has 20 heavy (non-hydrogen) atoms. The molecule has 1 aromatic carbocycles. The van der Waals surface area contributed by atoms with Crippen molar-refractivity contribution in [2.45, 2.75) is 31.1 Å². The van der Waals surface area contributed by atoms with Crippen LogP contribution in [0.2, 0.25) is 0 Å². The predicted octanol–water partition coefficient (Wildman–Crippen LogP) is 2.64. The van der Waals surface area contributed by atoms with Crippen molar-refractivity contribution in [1.82, 2.24) is 20.3 Å². The van der Waals surface area contributed by atoms with Crippen LogP contribution in [0.5, 0.6) is 0 Å². The third-order valence-electron chi connectivity index (χ3n) is 3.63. The number of para-hydroxylation sites is 1. The van der Waals surface area contributed by atoms with E-state index < -0.39 is 0 Å². The summed E-state index contributed by atoms with van der Waals surface area (Å²) in [5.41, 5.74) is 1.98. The molecule has 2 heterocycles. The van der Waals surface area contributed by atoms with Gasteiger partial charge in [-0.1, -0.05) is 18.2 Å². The van der Waals surface area contributed by atoms with Crippen molar-refractivity contribution in [1.29, 1.82) is 0 Å². The molecule has 0 aliphatic carbocycles. The van der Waals surface area contributed by atoms with E-state index in [9.17, 15) is 0 Å². The lowest BCUT2D eigenvalue weighted by Gasteiger charge is -2.22. The lowest BCUT2D eigenvalue weighted by Crippen LogP contribution is -2.32. The van der Waals surface area contributed by atoms with E-state index in [1.807, 2.05) is 36.5 Å². The summed E-state index contributed by atoms with van der Waals surface area (Å²) < 4.78 is 0.398. The van der Waals surface area contributed by atoms with Crippen LogP contribution in [0.3, 0.4) is 0 Å². The van der Waals surface area contributed by atoms with Gasteiger partial charge in [0.2, 0.25) is 0 Å². The molecule has 0 saturated carbocycles. The summed E-state index contributed by atoms with van der Waals surface area (Å²) in [6.07, 6.45) is 4.48. The van der Waals surface area contributed by atoms with Crippen molar-refractivity contribution in [3.63, 3.8) is 0 Å². The Morgan fingerprint density at radius 3 is 2.95 bits per heavy atom. The summed E-state index contributed by atoms with van der Waals surface area (Å²) in [6, 6.07) is 10.00. The minimum Gasteiger partial charge on any atom is -0.310 e. The number of benzene rings is 1. The van der Waals surface area contributed by atoms with Gasteiger partial charge in [0.25, 0.3) is 0 Å². The number of hydrogen-bond donors (Lipinski definition) is 1. The van der Waals surface area contributed by atoms with Crippen LogP contribution in [0, 0.1) is 0 Å². The monoisotopic (exact) mass is 288 g/mol. The molecule has 1 aromatic heterocycles. The average molecular weight is 288 g/mol. The Labute approximate surface area is 124 Å². The first kappa shape index (κ1) is 13.6. The zero-order valence-corrected chi connectivity index (χ0v) is 12.6. The van der Waals surface area contributed by atoms with Crippen molar-refractivity contribution < 1.29 is 0 Å². The molecular weight excluding hydrogens is 268 g/mol. The standard InChI is InChI=1S/C15H20N4S/c1-15(8-5-9-20-15)12-16-10-13-11-17-19(18-13)14-6-3-2-4-7-14/h2-4,6-7,11,16H,5,8-10,12H2,1H3. The topological polar surface area (TPSA) is 42.7 Å².